The molecule has 0 aliphatic rings. The Morgan fingerprint density at radius 3 is 2.27 bits per heavy atom. The number of oxazole rings is 1. The van der Waals surface area contributed by atoms with E-state index in [0.717, 1.165) is 38.9 Å². The zero-order valence-electron chi connectivity index (χ0n) is 20.3. The van der Waals surface area contributed by atoms with Gasteiger partial charge in [0, 0.05) is 40.9 Å². The topological polar surface area (TPSA) is 68.4 Å². The van der Waals surface area contributed by atoms with E-state index in [9.17, 15) is 5.11 Å². The van der Waals surface area contributed by atoms with Crippen molar-refractivity contribution in [3.05, 3.63) is 71.9 Å². The maximum Gasteiger partial charge on any atom is 0.226 e. The van der Waals surface area contributed by atoms with E-state index in [1.54, 1.807) is 12.5 Å². The number of hydrogen-bond donors (Lipinski definition) is 1. The Labute approximate surface area is 195 Å². The van der Waals surface area contributed by atoms with Gasteiger partial charge in [-0.2, -0.15) is 0 Å². The first kappa shape index (κ1) is 22.8. The van der Waals surface area contributed by atoms with E-state index in [1.807, 2.05) is 42.6 Å². The maximum atomic E-state index is 11.0. The number of fused-ring (bicyclic) bond motifs is 1. The zero-order valence-corrected chi connectivity index (χ0v) is 20.3. The number of phenols is 1. The Kier molecular flexibility index (Phi) is 5.91. The van der Waals surface area contributed by atoms with E-state index < -0.39 is 0 Å². The Morgan fingerprint density at radius 2 is 1.61 bits per heavy atom. The quantitative estimate of drug-likeness (QED) is 0.366. The third kappa shape index (κ3) is 5.03. The number of aromatic nitrogens is 2. The van der Waals surface area contributed by atoms with E-state index in [-0.39, 0.29) is 10.8 Å². The fourth-order valence-corrected chi connectivity index (χ4v) is 3.88. The average molecular weight is 445 g/mol. The lowest BCUT2D eigenvalue weighted by molar-refractivity contribution is 0.321. The predicted molar refractivity (Wildman–Crippen MR) is 132 cm³/mol. The number of aromatic hydroxyl groups is 1. The fraction of sp³-hybridized carbons (Fsp3) is 0.357. The van der Waals surface area contributed by atoms with Gasteiger partial charge in [0.1, 0.15) is 17.8 Å². The first-order valence-corrected chi connectivity index (χ1v) is 11.3. The van der Waals surface area contributed by atoms with Gasteiger partial charge in [0.05, 0.1) is 12.3 Å². The van der Waals surface area contributed by atoms with E-state index >= 15 is 0 Å². The standard InChI is InChI=1S/C28H32N2O3/c1-27(2,3)23-14-20(15-24(25(23)31)28(4,5)6)26-30-21(17-33-26)10-12-32-22-8-7-19-16-29-11-9-18(19)13-22/h7-9,11,13-17,31H,10,12H2,1-6H3. The van der Waals surface area contributed by atoms with Crippen LogP contribution in [0.2, 0.25) is 0 Å². The van der Waals surface area contributed by atoms with Gasteiger partial charge in [-0.15, -0.1) is 0 Å². The molecule has 4 rings (SSSR count). The molecule has 0 fully saturated rings. The molecule has 172 valence electrons. The minimum atomic E-state index is -0.209. The highest BCUT2D eigenvalue weighted by atomic mass is 16.5. The molecule has 4 aromatic rings. The van der Waals surface area contributed by atoms with Crippen molar-refractivity contribution >= 4 is 10.8 Å². The number of ether oxygens (including phenoxy) is 1. The van der Waals surface area contributed by atoms with Crippen LogP contribution in [-0.4, -0.2) is 21.7 Å². The smallest absolute Gasteiger partial charge is 0.226 e. The molecule has 0 radical (unpaired) electrons. The van der Waals surface area contributed by atoms with Crippen LogP contribution in [0.3, 0.4) is 0 Å². The Hall–Kier alpha value is -3.34. The summed E-state index contributed by atoms with van der Waals surface area (Å²) >= 11 is 0. The van der Waals surface area contributed by atoms with Crippen molar-refractivity contribution in [1.82, 2.24) is 9.97 Å². The molecule has 2 aromatic heterocycles. The molecule has 2 aromatic carbocycles. The molecule has 2 heterocycles. The Balaban J connectivity index is 1.52. The molecule has 0 saturated heterocycles. The number of pyridine rings is 1. The summed E-state index contributed by atoms with van der Waals surface area (Å²) in [5.74, 6) is 1.73. The highest BCUT2D eigenvalue weighted by molar-refractivity contribution is 5.82. The van der Waals surface area contributed by atoms with E-state index in [0.29, 0.717) is 24.7 Å². The molecule has 0 saturated carbocycles. The minimum Gasteiger partial charge on any atom is -0.507 e. The number of phenolic OH excluding ortho intramolecular Hbond substituents is 1. The normalized spacial score (nSPS) is 12.3. The maximum absolute atomic E-state index is 11.0. The summed E-state index contributed by atoms with van der Waals surface area (Å²) < 4.78 is 11.8. The Morgan fingerprint density at radius 1 is 0.909 bits per heavy atom. The van der Waals surface area contributed by atoms with E-state index in [4.69, 9.17) is 14.1 Å². The van der Waals surface area contributed by atoms with Crippen molar-refractivity contribution in [2.75, 3.05) is 6.61 Å². The predicted octanol–water partition coefficient (Wildman–Crippen LogP) is 6.81. The second-order valence-electron chi connectivity index (χ2n) is 10.5. The molecule has 0 atom stereocenters. The van der Waals surface area contributed by atoms with Crippen molar-refractivity contribution in [1.29, 1.82) is 0 Å². The van der Waals surface area contributed by atoms with Crippen LogP contribution < -0.4 is 4.74 Å². The van der Waals surface area contributed by atoms with Crippen LogP contribution in [0.4, 0.5) is 0 Å². The number of nitrogens with zero attached hydrogens (tertiary/aromatic N) is 2. The van der Waals surface area contributed by atoms with Crippen molar-refractivity contribution in [2.24, 2.45) is 0 Å². The van der Waals surface area contributed by atoms with Crippen LogP contribution in [0.5, 0.6) is 11.5 Å². The fourth-order valence-electron chi connectivity index (χ4n) is 3.88. The highest BCUT2D eigenvalue weighted by Gasteiger charge is 2.27. The summed E-state index contributed by atoms with van der Waals surface area (Å²) in [5, 5.41) is 13.1. The van der Waals surface area contributed by atoms with Gasteiger partial charge in [-0.3, -0.25) is 4.98 Å². The number of hydrogen-bond acceptors (Lipinski definition) is 5. The lowest BCUT2D eigenvalue weighted by Crippen LogP contribution is -2.17. The second-order valence-corrected chi connectivity index (χ2v) is 10.5. The summed E-state index contributed by atoms with van der Waals surface area (Å²) in [7, 11) is 0. The van der Waals surface area contributed by atoms with Crippen molar-refractivity contribution in [2.45, 2.75) is 58.8 Å². The minimum absolute atomic E-state index is 0.209. The van der Waals surface area contributed by atoms with Crippen LogP contribution in [0.1, 0.15) is 58.4 Å². The Bertz CT molecular complexity index is 1240. The van der Waals surface area contributed by atoms with Crippen molar-refractivity contribution < 1.29 is 14.3 Å². The molecule has 1 N–H and O–H groups in total. The molecule has 0 amide bonds. The van der Waals surface area contributed by atoms with E-state index in [1.165, 1.54) is 0 Å². The van der Waals surface area contributed by atoms with Gasteiger partial charge < -0.3 is 14.3 Å². The SMILES string of the molecule is CC(C)(C)c1cc(-c2nc(CCOc3ccc4cnccc4c3)co2)cc(C(C)(C)C)c1O. The first-order chi connectivity index (χ1) is 15.5. The molecule has 0 unspecified atom stereocenters. The largest absolute Gasteiger partial charge is 0.507 e. The van der Waals surface area contributed by atoms with Gasteiger partial charge in [0.25, 0.3) is 0 Å². The van der Waals surface area contributed by atoms with Gasteiger partial charge in [0.2, 0.25) is 5.89 Å². The second kappa shape index (κ2) is 8.54. The number of rotatable bonds is 5. The summed E-state index contributed by atoms with van der Waals surface area (Å²) in [4.78, 5) is 8.84. The van der Waals surface area contributed by atoms with Gasteiger partial charge in [-0.1, -0.05) is 41.5 Å². The van der Waals surface area contributed by atoms with Crippen LogP contribution in [-0.2, 0) is 17.3 Å². The summed E-state index contributed by atoms with van der Waals surface area (Å²) in [6.07, 6.45) is 5.94. The third-order valence-electron chi connectivity index (χ3n) is 5.76. The average Bonchev–Trinajstić information content (AvgIpc) is 3.21. The molecule has 33 heavy (non-hydrogen) atoms. The molecule has 0 bridgehead atoms. The lowest BCUT2D eigenvalue weighted by Gasteiger charge is -2.27. The summed E-state index contributed by atoms with van der Waals surface area (Å²) in [6.45, 7) is 13.1. The van der Waals surface area contributed by atoms with Crippen LogP contribution in [0, 0.1) is 0 Å². The van der Waals surface area contributed by atoms with Gasteiger partial charge >= 0.3 is 0 Å². The summed E-state index contributed by atoms with van der Waals surface area (Å²) in [5.41, 5.74) is 3.06. The molecular weight excluding hydrogens is 412 g/mol. The van der Waals surface area contributed by atoms with Gasteiger partial charge in [0.15, 0.2) is 0 Å². The molecule has 0 spiro atoms. The zero-order chi connectivity index (χ0) is 23.8. The van der Waals surface area contributed by atoms with Crippen LogP contribution in [0.15, 0.2) is 59.5 Å². The van der Waals surface area contributed by atoms with Crippen molar-refractivity contribution in [3.63, 3.8) is 0 Å². The van der Waals surface area contributed by atoms with Gasteiger partial charge in [-0.25, -0.2) is 4.98 Å². The molecular formula is C28H32N2O3. The van der Waals surface area contributed by atoms with Crippen molar-refractivity contribution in [3.8, 4) is 23.0 Å². The summed E-state index contributed by atoms with van der Waals surface area (Å²) in [6, 6.07) is 11.9. The monoisotopic (exact) mass is 444 g/mol. The molecule has 0 aliphatic carbocycles. The third-order valence-corrected chi connectivity index (χ3v) is 5.76. The van der Waals surface area contributed by atoms with Gasteiger partial charge in [-0.05, 0) is 52.6 Å². The van der Waals surface area contributed by atoms with Crippen LogP contribution in [0.25, 0.3) is 22.2 Å². The molecule has 5 nitrogen and oxygen atoms in total. The molecule has 0 aliphatic heterocycles. The number of benzene rings is 2. The lowest BCUT2D eigenvalue weighted by atomic mass is 9.78. The first-order valence-electron chi connectivity index (χ1n) is 11.3. The highest BCUT2D eigenvalue weighted by Crippen LogP contribution is 2.41. The van der Waals surface area contributed by atoms with Crippen LogP contribution >= 0.6 is 0 Å². The van der Waals surface area contributed by atoms with E-state index in [2.05, 4.69) is 46.5 Å². The molecule has 5 heteroatoms.